The normalized spacial score (nSPS) is 31.9. The van der Waals surface area contributed by atoms with E-state index in [1.165, 1.54) is 19.1 Å². The molecule has 30 heavy (non-hydrogen) atoms. The molecule has 0 radical (unpaired) electrons. The smallest absolute Gasteiger partial charge is 0.336 e. The van der Waals surface area contributed by atoms with Crippen LogP contribution in [-0.2, 0) is 33.5 Å². The second-order valence-corrected chi connectivity index (χ2v) is 7.08. The van der Waals surface area contributed by atoms with Crippen molar-refractivity contribution in [1.29, 1.82) is 0 Å². The summed E-state index contributed by atoms with van der Waals surface area (Å²) < 4.78 is 15.6. The molecule has 0 amide bonds. The lowest BCUT2D eigenvalue weighted by Gasteiger charge is -2.34. The van der Waals surface area contributed by atoms with Crippen LogP contribution in [-0.4, -0.2) is 59.8 Å². The molecule has 2 N–H and O–H groups in total. The summed E-state index contributed by atoms with van der Waals surface area (Å²) in [5, 5.41) is 20.5. The first-order valence-electron chi connectivity index (χ1n) is 9.35. The van der Waals surface area contributed by atoms with E-state index in [1.54, 1.807) is 6.92 Å². The number of hydrogen-bond donors (Lipinski definition) is 2. The quantitative estimate of drug-likeness (QED) is 0.173. The molecule has 0 aromatic rings. The largest absolute Gasteiger partial charge is 0.466 e. The number of methoxy groups -OCH3 is 1. The van der Waals surface area contributed by atoms with Crippen molar-refractivity contribution in [3.05, 3.63) is 47.6 Å². The number of aliphatic hydroxyl groups excluding tert-OH is 1. The highest BCUT2D eigenvalue weighted by molar-refractivity contribution is 5.93. The molecule has 0 aromatic carbocycles. The van der Waals surface area contributed by atoms with E-state index < -0.39 is 48.2 Å². The monoisotopic (exact) mass is 422 g/mol. The predicted molar refractivity (Wildman–Crippen MR) is 104 cm³/mol. The molecule has 2 rings (SSSR count). The van der Waals surface area contributed by atoms with Gasteiger partial charge in [-0.1, -0.05) is 25.3 Å². The Morgan fingerprint density at radius 3 is 2.57 bits per heavy atom. The lowest BCUT2D eigenvalue weighted by atomic mass is 9.80. The van der Waals surface area contributed by atoms with Gasteiger partial charge in [0, 0.05) is 11.1 Å². The standard InChI is InChI=1S/C21H26O9/c1-6-10(2)19(23)28-17-14-12(4)20(24)29-18(14)16(30-26)11(3)8-7-9-13(15(17)22)21(25)27-5/h6,9,14-18,22,26H,3-4,7-8H2,1-2,5H3/b10-6-,13-9+/t14-,15+,16+,17+,18+/m1/s1. The molecule has 1 aliphatic heterocycles. The van der Waals surface area contributed by atoms with Crippen molar-refractivity contribution >= 4 is 17.9 Å². The van der Waals surface area contributed by atoms with E-state index in [2.05, 4.69) is 18.0 Å². The van der Waals surface area contributed by atoms with Crippen LogP contribution >= 0.6 is 0 Å². The van der Waals surface area contributed by atoms with Crippen LogP contribution in [0.4, 0.5) is 0 Å². The maximum Gasteiger partial charge on any atom is 0.336 e. The zero-order valence-corrected chi connectivity index (χ0v) is 17.1. The highest BCUT2D eigenvalue weighted by Crippen LogP contribution is 2.39. The van der Waals surface area contributed by atoms with E-state index >= 15 is 0 Å². The second kappa shape index (κ2) is 9.84. The Morgan fingerprint density at radius 1 is 1.33 bits per heavy atom. The highest BCUT2D eigenvalue weighted by atomic mass is 17.1. The summed E-state index contributed by atoms with van der Waals surface area (Å²) in [4.78, 5) is 41.6. The average molecular weight is 422 g/mol. The molecule has 9 heteroatoms. The van der Waals surface area contributed by atoms with Gasteiger partial charge in [-0.2, -0.15) is 0 Å². The lowest BCUT2D eigenvalue weighted by Crippen LogP contribution is -2.48. The maximum atomic E-state index is 12.5. The van der Waals surface area contributed by atoms with Crippen LogP contribution in [0, 0.1) is 5.92 Å². The van der Waals surface area contributed by atoms with Crippen molar-refractivity contribution in [2.24, 2.45) is 5.92 Å². The maximum absolute atomic E-state index is 12.5. The molecule has 164 valence electrons. The first-order chi connectivity index (χ1) is 14.2. The van der Waals surface area contributed by atoms with Crippen LogP contribution in [0.1, 0.15) is 26.7 Å². The molecule has 5 atom stereocenters. The summed E-state index contributed by atoms with van der Waals surface area (Å²) in [5.74, 6) is -3.52. The van der Waals surface area contributed by atoms with Gasteiger partial charge >= 0.3 is 17.9 Å². The Bertz CT molecular complexity index is 807. The topological polar surface area (TPSA) is 129 Å². The molecule has 1 saturated heterocycles. The van der Waals surface area contributed by atoms with Crippen molar-refractivity contribution < 1.29 is 43.8 Å². The minimum Gasteiger partial charge on any atom is -0.466 e. The van der Waals surface area contributed by atoms with Crippen LogP contribution in [0.2, 0.25) is 0 Å². The van der Waals surface area contributed by atoms with Crippen LogP contribution in [0.25, 0.3) is 0 Å². The Hall–Kier alpha value is -2.75. The van der Waals surface area contributed by atoms with Gasteiger partial charge in [0.1, 0.15) is 18.3 Å². The van der Waals surface area contributed by atoms with Crippen LogP contribution < -0.4 is 0 Å². The molecule has 0 aromatic heterocycles. The summed E-state index contributed by atoms with van der Waals surface area (Å²) in [6.45, 7) is 10.7. The summed E-state index contributed by atoms with van der Waals surface area (Å²) in [6, 6.07) is 0. The van der Waals surface area contributed by atoms with Crippen LogP contribution in [0.15, 0.2) is 47.6 Å². The third kappa shape index (κ3) is 4.53. The number of rotatable bonds is 4. The van der Waals surface area contributed by atoms with Gasteiger partial charge in [0.05, 0.1) is 18.6 Å². The molecule has 0 bridgehead atoms. The Kier molecular flexibility index (Phi) is 7.71. The second-order valence-electron chi connectivity index (χ2n) is 7.08. The number of ether oxygens (including phenoxy) is 3. The van der Waals surface area contributed by atoms with Gasteiger partial charge in [0.25, 0.3) is 0 Å². The molecule has 1 heterocycles. The fraction of sp³-hybridized carbons (Fsp3) is 0.476. The molecule has 1 aliphatic carbocycles. The van der Waals surface area contributed by atoms with Gasteiger partial charge in [-0.15, -0.1) is 0 Å². The van der Waals surface area contributed by atoms with Gasteiger partial charge in [-0.05, 0) is 32.3 Å². The summed E-state index contributed by atoms with van der Waals surface area (Å²) >= 11 is 0. The van der Waals surface area contributed by atoms with Crippen LogP contribution in [0.5, 0.6) is 0 Å². The number of carbonyl (C=O) groups excluding carboxylic acids is 3. The number of carbonyl (C=O) groups is 3. The summed E-state index contributed by atoms with van der Waals surface area (Å²) in [5.41, 5.74) is 0.376. The van der Waals surface area contributed by atoms with Crippen molar-refractivity contribution in [2.45, 2.75) is 51.1 Å². The number of esters is 3. The van der Waals surface area contributed by atoms with Gasteiger partial charge in [0.2, 0.25) is 0 Å². The van der Waals surface area contributed by atoms with Crippen LogP contribution in [0.3, 0.4) is 0 Å². The van der Waals surface area contributed by atoms with Gasteiger partial charge in [0.15, 0.2) is 6.10 Å². The highest BCUT2D eigenvalue weighted by Gasteiger charge is 2.53. The van der Waals surface area contributed by atoms with E-state index in [1.807, 2.05) is 0 Å². The minimum absolute atomic E-state index is 0.102. The molecule has 0 spiro atoms. The Balaban J connectivity index is 2.63. The zero-order chi connectivity index (χ0) is 22.6. The van der Waals surface area contributed by atoms with E-state index in [9.17, 15) is 24.7 Å². The first kappa shape index (κ1) is 23.5. The van der Waals surface area contributed by atoms with E-state index in [0.717, 1.165) is 7.11 Å². The van der Waals surface area contributed by atoms with E-state index in [4.69, 9.17) is 14.2 Å². The summed E-state index contributed by atoms with van der Waals surface area (Å²) in [7, 11) is 1.15. The molecule has 0 saturated carbocycles. The van der Waals surface area contributed by atoms with Crippen molar-refractivity contribution in [3.63, 3.8) is 0 Å². The molecular formula is C21H26O9. The number of fused-ring (bicyclic) bond motifs is 1. The molecule has 0 unspecified atom stereocenters. The SMILES string of the molecule is C=C1C(=O)O[C@H]2[C@H]1[C@H](OC(=O)/C(C)=C\C)[C@@H](O)/C(C(=O)OC)=C\CCC(=C)[C@@H]2OO. The Labute approximate surface area is 174 Å². The van der Waals surface area contributed by atoms with Gasteiger partial charge < -0.3 is 19.3 Å². The van der Waals surface area contributed by atoms with Gasteiger partial charge in [-0.3, -0.25) is 5.26 Å². The fourth-order valence-corrected chi connectivity index (χ4v) is 3.45. The number of allylic oxidation sites excluding steroid dienone is 2. The average Bonchev–Trinajstić information content (AvgIpc) is 3.01. The fourth-order valence-electron chi connectivity index (χ4n) is 3.45. The first-order valence-corrected chi connectivity index (χ1v) is 9.35. The lowest BCUT2D eigenvalue weighted by molar-refractivity contribution is -0.290. The predicted octanol–water partition coefficient (Wildman–Crippen LogP) is 1.63. The summed E-state index contributed by atoms with van der Waals surface area (Å²) in [6.07, 6.45) is -2.01. The van der Waals surface area contributed by atoms with E-state index in [-0.39, 0.29) is 29.6 Å². The number of aliphatic hydroxyl groups is 1. The minimum atomic E-state index is -1.66. The molecule has 9 nitrogen and oxygen atoms in total. The van der Waals surface area contributed by atoms with Gasteiger partial charge in [-0.25, -0.2) is 19.3 Å². The molecule has 2 aliphatic rings. The van der Waals surface area contributed by atoms with Crippen molar-refractivity contribution in [2.75, 3.05) is 7.11 Å². The molecular weight excluding hydrogens is 396 g/mol. The third-order valence-electron chi connectivity index (χ3n) is 5.31. The third-order valence-corrected chi connectivity index (χ3v) is 5.31. The number of hydrogen-bond acceptors (Lipinski definition) is 9. The zero-order valence-electron chi connectivity index (χ0n) is 17.1. The van der Waals surface area contributed by atoms with Crippen molar-refractivity contribution in [1.82, 2.24) is 0 Å². The van der Waals surface area contributed by atoms with E-state index in [0.29, 0.717) is 5.57 Å². The Morgan fingerprint density at radius 2 is 2.00 bits per heavy atom. The molecule has 1 fully saturated rings. The van der Waals surface area contributed by atoms with Crippen molar-refractivity contribution in [3.8, 4) is 0 Å².